The van der Waals surface area contributed by atoms with Crippen LogP contribution < -0.4 is 15.7 Å². The molecule has 3 aromatic rings. The van der Waals surface area contributed by atoms with Gasteiger partial charge in [0, 0.05) is 31.3 Å². The Morgan fingerprint density at radius 2 is 2.11 bits per heavy atom. The van der Waals surface area contributed by atoms with Crippen LogP contribution in [-0.2, 0) is 19.6 Å². The Kier molecular flexibility index (Phi) is 4.99. The van der Waals surface area contributed by atoms with Gasteiger partial charge in [-0.15, -0.1) is 10.2 Å². The highest BCUT2D eigenvalue weighted by Gasteiger charge is 2.21. The van der Waals surface area contributed by atoms with Crippen LogP contribution in [0.1, 0.15) is 30.2 Å². The second-order valence-corrected chi connectivity index (χ2v) is 6.44. The molecule has 1 aliphatic heterocycles. The van der Waals surface area contributed by atoms with Crippen LogP contribution in [0.2, 0.25) is 0 Å². The molecular weight excluding hydrogens is 348 g/mol. The molecule has 0 saturated heterocycles. The number of aromatic nitrogens is 2. The molecule has 8 heteroatoms. The van der Waals surface area contributed by atoms with Crippen molar-refractivity contribution in [3.63, 3.8) is 0 Å². The van der Waals surface area contributed by atoms with Gasteiger partial charge in [-0.1, -0.05) is 13.0 Å². The summed E-state index contributed by atoms with van der Waals surface area (Å²) in [5.41, 5.74) is 5.88. The van der Waals surface area contributed by atoms with E-state index >= 15 is 0 Å². The maximum absolute atomic E-state index is 12.1. The first-order valence-electron chi connectivity index (χ1n) is 8.85. The molecule has 0 aliphatic carbocycles. The second kappa shape index (κ2) is 7.73. The molecule has 0 fully saturated rings. The Labute approximate surface area is 155 Å². The summed E-state index contributed by atoms with van der Waals surface area (Å²) in [6.45, 7) is 4.78. The molecule has 0 radical (unpaired) electrons. The SMILES string of the molecule is CCCNOc1coc(CN2Cc3ccc(-c4nnco4)cc3C2)cc1=O. The molecule has 0 bridgehead atoms. The van der Waals surface area contributed by atoms with Gasteiger partial charge in [0.15, 0.2) is 0 Å². The zero-order chi connectivity index (χ0) is 18.6. The molecule has 27 heavy (non-hydrogen) atoms. The van der Waals surface area contributed by atoms with Gasteiger partial charge in [0.05, 0.1) is 6.54 Å². The first kappa shape index (κ1) is 17.4. The first-order chi connectivity index (χ1) is 13.2. The molecule has 3 heterocycles. The largest absolute Gasteiger partial charge is 0.464 e. The monoisotopic (exact) mass is 368 g/mol. The Balaban J connectivity index is 1.42. The second-order valence-electron chi connectivity index (χ2n) is 6.44. The Morgan fingerprint density at radius 3 is 2.89 bits per heavy atom. The summed E-state index contributed by atoms with van der Waals surface area (Å²) in [6.07, 6.45) is 3.59. The number of hydrogen-bond acceptors (Lipinski definition) is 8. The van der Waals surface area contributed by atoms with Gasteiger partial charge in [-0.05, 0) is 29.7 Å². The molecule has 2 aromatic heterocycles. The lowest BCUT2D eigenvalue weighted by molar-refractivity contribution is 0.185. The Bertz CT molecular complexity index is 968. The van der Waals surface area contributed by atoms with E-state index in [1.807, 2.05) is 13.0 Å². The molecule has 0 spiro atoms. The number of benzene rings is 1. The maximum Gasteiger partial charge on any atom is 0.247 e. The predicted molar refractivity (Wildman–Crippen MR) is 96.6 cm³/mol. The molecule has 4 rings (SSSR count). The van der Waals surface area contributed by atoms with Crippen molar-refractivity contribution in [2.45, 2.75) is 33.0 Å². The van der Waals surface area contributed by atoms with Crippen molar-refractivity contribution in [2.75, 3.05) is 6.54 Å². The summed E-state index contributed by atoms with van der Waals surface area (Å²) in [5.74, 6) is 1.28. The zero-order valence-electron chi connectivity index (χ0n) is 15.0. The van der Waals surface area contributed by atoms with Gasteiger partial charge in [-0.25, -0.2) is 0 Å². The summed E-state index contributed by atoms with van der Waals surface area (Å²) in [7, 11) is 0. The molecule has 0 amide bonds. The van der Waals surface area contributed by atoms with E-state index in [0.29, 0.717) is 24.7 Å². The summed E-state index contributed by atoms with van der Waals surface area (Å²) < 4.78 is 10.8. The highest BCUT2D eigenvalue weighted by Crippen LogP contribution is 2.28. The molecule has 8 nitrogen and oxygen atoms in total. The van der Waals surface area contributed by atoms with Crippen LogP contribution in [0.3, 0.4) is 0 Å². The summed E-state index contributed by atoms with van der Waals surface area (Å²) in [6, 6.07) is 7.60. The molecule has 0 unspecified atom stereocenters. The lowest BCUT2D eigenvalue weighted by Gasteiger charge is -2.13. The van der Waals surface area contributed by atoms with Gasteiger partial charge in [0.2, 0.25) is 23.5 Å². The minimum atomic E-state index is -0.199. The molecule has 1 aromatic carbocycles. The highest BCUT2D eigenvalue weighted by molar-refractivity contribution is 5.56. The Hall–Kier alpha value is -2.97. The molecule has 0 saturated carbocycles. The van der Waals surface area contributed by atoms with Crippen molar-refractivity contribution in [1.29, 1.82) is 0 Å². The number of rotatable bonds is 7. The number of hydrogen-bond donors (Lipinski definition) is 1. The topological polar surface area (TPSA) is 93.6 Å². The van der Waals surface area contributed by atoms with Crippen LogP contribution in [0.4, 0.5) is 0 Å². The van der Waals surface area contributed by atoms with Crippen LogP contribution in [0.15, 0.2) is 50.6 Å². The molecular formula is C19H20N4O4. The van der Waals surface area contributed by atoms with E-state index in [0.717, 1.165) is 25.1 Å². The van der Waals surface area contributed by atoms with Crippen LogP contribution in [0.25, 0.3) is 11.5 Å². The minimum absolute atomic E-state index is 0.168. The number of hydroxylamine groups is 1. The quantitative estimate of drug-likeness (QED) is 0.502. The van der Waals surface area contributed by atoms with Crippen LogP contribution >= 0.6 is 0 Å². The highest BCUT2D eigenvalue weighted by atomic mass is 16.6. The minimum Gasteiger partial charge on any atom is -0.464 e. The van der Waals surface area contributed by atoms with Gasteiger partial charge in [-0.3, -0.25) is 9.69 Å². The van der Waals surface area contributed by atoms with Crippen LogP contribution in [0.5, 0.6) is 5.75 Å². The fourth-order valence-electron chi connectivity index (χ4n) is 3.06. The molecule has 1 aliphatic rings. The van der Waals surface area contributed by atoms with E-state index in [1.165, 1.54) is 29.9 Å². The summed E-state index contributed by atoms with van der Waals surface area (Å²) in [4.78, 5) is 19.6. The average Bonchev–Trinajstić information content (AvgIpc) is 3.32. The Morgan fingerprint density at radius 1 is 1.22 bits per heavy atom. The number of nitrogens with one attached hydrogen (secondary N) is 1. The van der Waals surface area contributed by atoms with E-state index in [2.05, 4.69) is 32.7 Å². The van der Waals surface area contributed by atoms with Gasteiger partial charge in [0.1, 0.15) is 12.0 Å². The fraction of sp³-hybridized carbons (Fsp3) is 0.316. The van der Waals surface area contributed by atoms with Gasteiger partial charge in [0.25, 0.3) is 0 Å². The standard InChI is InChI=1S/C19H20N4O4/c1-2-5-21-27-18-11-25-16(7-17(18)24)10-23-8-14-4-3-13(6-15(14)9-23)19-22-20-12-26-19/h3-4,6-7,11-12,21H,2,5,8-10H2,1H3. The lowest BCUT2D eigenvalue weighted by atomic mass is 10.1. The number of nitrogens with zero attached hydrogens (tertiary/aromatic N) is 3. The fourth-order valence-corrected chi connectivity index (χ4v) is 3.06. The third-order valence-corrected chi connectivity index (χ3v) is 4.37. The van der Waals surface area contributed by atoms with E-state index in [4.69, 9.17) is 13.7 Å². The van der Waals surface area contributed by atoms with Crippen molar-refractivity contribution in [3.8, 4) is 17.2 Å². The van der Waals surface area contributed by atoms with Crippen molar-refractivity contribution in [1.82, 2.24) is 20.6 Å². The van der Waals surface area contributed by atoms with E-state index in [1.54, 1.807) is 0 Å². The van der Waals surface area contributed by atoms with Crippen LogP contribution in [0, 0.1) is 0 Å². The van der Waals surface area contributed by atoms with Crippen molar-refractivity contribution >= 4 is 0 Å². The predicted octanol–water partition coefficient (Wildman–Crippen LogP) is 2.50. The first-order valence-corrected chi connectivity index (χ1v) is 8.85. The smallest absolute Gasteiger partial charge is 0.247 e. The van der Waals surface area contributed by atoms with E-state index < -0.39 is 0 Å². The third-order valence-electron chi connectivity index (χ3n) is 4.37. The van der Waals surface area contributed by atoms with E-state index in [9.17, 15) is 4.79 Å². The van der Waals surface area contributed by atoms with Gasteiger partial charge >= 0.3 is 0 Å². The molecule has 140 valence electrons. The van der Waals surface area contributed by atoms with Crippen LogP contribution in [-0.4, -0.2) is 21.6 Å². The van der Waals surface area contributed by atoms with Crippen molar-refractivity contribution in [3.05, 3.63) is 64.0 Å². The van der Waals surface area contributed by atoms with Gasteiger partial charge < -0.3 is 13.7 Å². The average molecular weight is 368 g/mol. The molecule has 1 N–H and O–H groups in total. The third kappa shape index (κ3) is 3.91. The van der Waals surface area contributed by atoms with Crippen molar-refractivity contribution < 1.29 is 13.7 Å². The summed E-state index contributed by atoms with van der Waals surface area (Å²) in [5, 5.41) is 7.66. The molecule has 0 atom stereocenters. The van der Waals surface area contributed by atoms with Gasteiger partial charge in [-0.2, -0.15) is 5.48 Å². The lowest BCUT2D eigenvalue weighted by Crippen LogP contribution is -2.23. The number of fused-ring (bicyclic) bond motifs is 1. The normalized spacial score (nSPS) is 13.7. The van der Waals surface area contributed by atoms with E-state index in [-0.39, 0.29) is 11.2 Å². The summed E-state index contributed by atoms with van der Waals surface area (Å²) >= 11 is 0. The zero-order valence-corrected chi connectivity index (χ0v) is 15.0. The van der Waals surface area contributed by atoms with Crippen molar-refractivity contribution in [2.24, 2.45) is 0 Å². The maximum atomic E-state index is 12.1.